The van der Waals surface area contributed by atoms with Gasteiger partial charge in [0.15, 0.2) is 0 Å². The summed E-state index contributed by atoms with van der Waals surface area (Å²) >= 11 is 0. The van der Waals surface area contributed by atoms with Crippen LogP contribution in [0.15, 0.2) is 42.5 Å². The van der Waals surface area contributed by atoms with E-state index in [4.69, 9.17) is 0 Å². The van der Waals surface area contributed by atoms with E-state index in [2.05, 4.69) is 25.7 Å². The summed E-state index contributed by atoms with van der Waals surface area (Å²) < 4.78 is 1.78. The normalized spacial score (nSPS) is 11.3. The van der Waals surface area contributed by atoms with Gasteiger partial charge in [0.1, 0.15) is 11.0 Å². The van der Waals surface area contributed by atoms with Crippen LogP contribution in [0, 0.1) is 0 Å². The van der Waals surface area contributed by atoms with Gasteiger partial charge in [0, 0.05) is 0 Å². The highest BCUT2D eigenvalue weighted by Crippen LogP contribution is 2.21. The van der Waals surface area contributed by atoms with E-state index in [-0.39, 0.29) is 0 Å². The zero-order valence-corrected chi connectivity index (χ0v) is 9.28. The highest BCUT2D eigenvalue weighted by atomic mass is 15.4. The molecule has 0 saturated heterocycles. The Morgan fingerprint density at radius 2 is 1.89 bits per heavy atom. The van der Waals surface area contributed by atoms with Gasteiger partial charge < -0.3 is 0 Å². The average Bonchev–Trinajstić information content (AvgIpc) is 3.05. The first-order chi connectivity index (χ1) is 8.93. The van der Waals surface area contributed by atoms with Gasteiger partial charge in [-0.25, -0.2) is 4.68 Å². The van der Waals surface area contributed by atoms with Crippen molar-refractivity contribution in [3.05, 3.63) is 42.5 Å². The number of hydrogen-bond acceptors (Lipinski definition) is 4. The maximum Gasteiger partial charge on any atom is 0.138 e. The van der Waals surface area contributed by atoms with E-state index < -0.39 is 0 Å². The largest absolute Gasteiger partial charge is 0.257 e. The molecular formula is C12H8N6. The molecule has 0 aliphatic rings. The van der Waals surface area contributed by atoms with E-state index in [1.807, 2.05) is 42.5 Å². The smallest absolute Gasteiger partial charge is 0.138 e. The summed E-state index contributed by atoms with van der Waals surface area (Å²) in [5.41, 5.74) is 4.35. The second-order valence-electron chi connectivity index (χ2n) is 3.98. The zero-order chi connectivity index (χ0) is 11.9. The second-order valence-corrected chi connectivity index (χ2v) is 3.98. The minimum atomic E-state index is 0.785. The van der Waals surface area contributed by atoms with Gasteiger partial charge in [-0.1, -0.05) is 28.6 Å². The third-order valence-corrected chi connectivity index (χ3v) is 2.92. The number of hydrogen-bond donors (Lipinski definition) is 1. The molecule has 4 rings (SSSR count). The van der Waals surface area contributed by atoms with E-state index in [1.165, 1.54) is 0 Å². The van der Waals surface area contributed by atoms with Crippen molar-refractivity contribution in [3.63, 3.8) is 0 Å². The van der Waals surface area contributed by atoms with Crippen molar-refractivity contribution >= 4 is 22.1 Å². The summed E-state index contributed by atoms with van der Waals surface area (Å²) in [4.78, 5) is 0. The Balaban J connectivity index is 2.10. The van der Waals surface area contributed by atoms with Gasteiger partial charge >= 0.3 is 0 Å². The fourth-order valence-corrected chi connectivity index (χ4v) is 2.07. The lowest BCUT2D eigenvalue weighted by Crippen LogP contribution is -1.97. The molecule has 0 bridgehead atoms. The predicted molar refractivity (Wildman–Crippen MR) is 66.3 cm³/mol. The quantitative estimate of drug-likeness (QED) is 0.546. The molecule has 0 saturated carbocycles. The van der Waals surface area contributed by atoms with Gasteiger partial charge in [-0.2, -0.15) is 0 Å². The molecule has 0 spiro atoms. The Hall–Kier alpha value is -2.76. The van der Waals surface area contributed by atoms with Crippen LogP contribution in [0.1, 0.15) is 0 Å². The van der Waals surface area contributed by atoms with Gasteiger partial charge in [-0.3, -0.25) is 5.10 Å². The van der Waals surface area contributed by atoms with Crippen LogP contribution in [-0.2, 0) is 0 Å². The van der Waals surface area contributed by atoms with Crippen molar-refractivity contribution < 1.29 is 0 Å². The van der Waals surface area contributed by atoms with Crippen LogP contribution in [0.5, 0.6) is 0 Å². The number of aromatic amines is 1. The molecule has 0 atom stereocenters. The fraction of sp³-hybridized carbons (Fsp3) is 0. The molecule has 0 fully saturated rings. The van der Waals surface area contributed by atoms with Crippen molar-refractivity contribution in [1.29, 1.82) is 0 Å². The standard InChI is InChI=1S/C12H8N6/c1-2-6-10-8(4-1)14-17-18(10)11-7-3-5-9-12(11)15-16-13-9/h1-7H,(H,13,15,16). The van der Waals surface area contributed by atoms with Gasteiger partial charge in [-0.15, -0.1) is 10.2 Å². The van der Waals surface area contributed by atoms with Crippen molar-refractivity contribution in [2.75, 3.05) is 0 Å². The van der Waals surface area contributed by atoms with Crippen LogP contribution < -0.4 is 0 Å². The van der Waals surface area contributed by atoms with Crippen LogP contribution >= 0.6 is 0 Å². The average molecular weight is 236 g/mol. The maximum absolute atomic E-state index is 4.18. The Morgan fingerprint density at radius 1 is 0.944 bits per heavy atom. The zero-order valence-electron chi connectivity index (χ0n) is 9.28. The summed E-state index contributed by atoms with van der Waals surface area (Å²) in [5.74, 6) is 0. The Kier molecular flexibility index (Phi) is 1.74. The monoisotopic (exact) mass is 236 g/mol. The lowest BCUT2D eigenvalue weighted by Gasteiger charge is -2.01. The number of aromatic nitrogens is 6. The van der Waals surface area contributed by atoms with Crippen molar-refractivity contribution in [2.24, 2.45) is 0 Å². The number of nitrogens with zero attached hydrogens (tertiary/aromatic N) is 5. The SMILES string of the molecule is c1ccc2c(c1)nnn2-c1cccc2[nH]nnc12. The molecule has 6 heteroatoms. The highest BCUT2D eigenvalue weighted by Gasteiger charge is 2.10. The molecule has 2 heterocycles. The topological polar surface area (TPSA) is 72.3 Å². The second kappa shape index (κ2) is 3.36. The number of H-pyrrole nitrogens is 1. The molecule has 2 aromatic carbocycles. The molecule has 1 N–H and O–H groups in total. The van der Waals surface area contributed by atoms with Crippen LogP contribution in [0.25, 0.3) is 27.8 Å². The fourth-order valence-electron chi connectivity index (χ4n) is 2.07. The molecule has 0 aliphatic heterocycles. The van der Waals surface area contributed by atoms with E-state index in [1.54, 1.807) is 4.68 Å². The highest BCUT2D eigenvalue weighted by molar-refractivity contribution is 5.85. The van der Waals surface area contributed by atoms with E-state index in [0.29, 0.717) is 0 Å². The Bertz CT molecular complexity index is 844. The first-order valence-electron chi connectivity index (χ1n) is 5.54. The molecular weight excluding hydrogens is 228 g/mol. The number of para-hydroxylation sites is 1. The molecule has 0 unspecified atom stereocenters. The minimum absolute atomic E-state index is 0.785. The Labute approximate surface area is 101 Å². The lowest BCUT2D eigenvalue weighted by molar-refractivity contribution is 0.826. The molecule has 18 heavy (non-hydrogen) atoms. The van der Waals surface area contributed by atoms with Gasteiger partial charge in [0.2, 0.25) is 0 Å². The first-order valence-corrected chi connectivity index (χ1v) is 5.54. The summed E-state index contributed by atoms with van der Waals surface area (Å²) in [5, 5.41) is 19.1. The molecule has 2 aromatic heterocycles. The molecule has 0 aliphatic carbocycles. The predicted octanol–water partition coefficient (Wildman–Crippen LogP) is 1.69. The maximum atomic E-state index is 4.18. The van der Waals surface area contributed by atoms with Crippen molar-refractivity contribution in [3.8, 4) is 5.69 Å². The summed E-state index contributed by atoms with van der Waals surface area (Å²) in [6, 6.07) is 13.6. The summed E-state index contributed by atoms with van der Waals surface area (Å²) in [6.45, 7) is 0. The van der Waals surface area contributed by atoms with E-state index in [0.717, 1.165) is 27.8 Å². The molecule has 4 aromatic rings. The van der Waals surface area contributed by atoms with Gasteiger partial charge in [-0.05, 0) is 24.3 Å². The molecule has 86 valence electrons. The van der Waals surface area contributed by atoms with Gasteiger partial charge in [0.25, 0.3) is 0 Å². The van der Waals surface area contributed by atoms with E-state index >= 15 is 0 Å². The molecule has 0 amide bonds. The minimum Gasteiger partial charge on any atom is -0.257 e. The van der Waals surface area contributed by atoms with Crippen LogP contribution in [0.2, 0.25) is 0 Å². The molecule has 6 nitrogen and oxygen atoms in total. The number of rotatable bonds is 1. The Morgan fingerprint density at radius 3 is 2.89 bits per heavy atom. The van der Waals surface area contributed by atoms with Crippen molar-refractivity contribution in [1.82, 2.24) is 30.4 Å². The van der Waals surface area contributed by atoms with Crippen LogP contribution in [0.3, 0.4) is 0 Å². The molecule has 0 radical (unpaired) electrons. The third kappa shape index (κ3) is 1.17. The number of nitrogens with one attached hydrogen (secondary N) is 1. The van der Waals surface area contributed by atoms with Gasteiger partial charge in [0.05, 0.1) is 16.7 Å². The number of fused-ring (bicyclic) bond motifs is 2. The van der Waals surface area contributed by atoms with E-state index in [9.17, 15) is 0 Å². The summed E-state index contributed by atoms with van der Waals surface area (Å²) in [7, 11) is 0. The third-order valence-electron chi connectivity index (χ3n) is 2.92. The number of benzene rings is 2. The lowest BCUT2D eigenvalue weighted by atomic mass is 10.2. The van der Waals surface area contributed by atoms with Crippen molar-refractivity contribution in [2.45, 2.75) is 0 Å². The first kappa shape index (κ1) is 9.29. The van der Waals surface area contributed by atoms with Crippen LogP contribution in [0.4, 0.5) is 0 Å². The summed E-state index contributed by atoms with van der Waals surface area (Å²) in [6.07, 6.45) is 0. The van der Waals surface area contributed by atoms with Crippen LogP contribution in [-0.4, -0.2) is 30.4 Å².